The number of piperidine rings is 2. The number of rotatable bonds is 13. The topological polar surface area (TPSA) is 158 Å². The van der Waals surface area contributed by atoms with E-state index in [4.69, 9.17) is 9.47 Å². The first-order valence-corrected chi connectivity index (χ1v) is 20.7. The van der Waals surface area contributed by atoms with Crippen molar-refractivity contribution >= 4 is 23.9 Å². The minimum atomic E-state index is -2.22. The summed E-state index contributed by atoms with van der Waals surface area (Å²) in [7, 11) is 4.15. The molecule has 2 fully saturated rings. The Labute approximate surface area is 354 Å². The lowest BCUT2D eigenvalue weighted by Crippen LogP contribution is -2.48. The van der Waals surface area contributed by atoms with Gasteiger partial charge < -0.3 is 30.3 Å². The molecule has 6 atom stereocenters. The monoisotopic (exact) mass is 822 g/mol. The maximum atomic E-state index is 12.2. The standard InChI is InChI=1S/C20H18O8.2C14H22N2/c1-11-3-7-13(8-4-11)19(25)27-15(17(21)22)16(18(23)24)28-20(26)14-9-5-12(2)6-10-14;2*1-12-8-9-16(11-14(12)15-2)10-13-6-4-3-5-7-13/h3-10,15-16H,1-2H3,(H,21,22)(H,23,24);2*3-7,12,14-15H,8-11H2,1-2H3/t15-,16-;2*12-,14+/m000/s1. The van der Waals surface area contributed by atoms with Crippen LogP contribution in [0.4, 0.5) is 0 Å². The van der Waals surface area contributed by atoms with Gasteiger partial charge in [0.1, 0.15) is 0 Å². The first kappa shape index (κ1) is 47.3. The van der Waals surface area contributed by atoms with Crippen LogP contribution in [0.5, 0.6) is 0 Å². The van der Waals surface area contributed by atoms with Gasteiger partial charge in [-0.1, -0.05) is 110 Å². The third kappa shape index (κ3) is 15.0. The van der Waals surface area contributed by atoms with Crippen molar-refractivity contribution in [3.8, 4) is 0 Å². The highest BCUT2D eigenvalue weighted by atomic mass is 16.6. The van der Waals surface area contributed by atoms with Crippen LogP contribution in [0.1, 0.15) is 69.7 Å². The van der Waals surface area contributed by atoms with Gasteiger partial charge in [0.15, 0.2) is 0 Å². The quantitative estimate of drug-likeness (QED) is 0.109. The van der Waals surface area contributed by atoms with E-state index in [-0.39, 0.29) is 11.1 Å². The molecule has 2 aliphatic heterocycles. The van der Waals surface area contributed by atoms with Crippen LogP contribution in [0.3, 0.4) is 0 Å². The molecule has 12 heteroatoms. The molecule has 0 bridgehead atoms. The summed E-state index contributed by atoms with van der Waals surface area (Å²) in [4.78, 5) is 52.4. The van der Waals surface area contributed by atoms with E-state index in [9.17, 15) is 29.4 Å². The van der Waals surface area contributed by atoms with Gasteiger partial charge in [0, 0.05) is 38.3 Å². The van der Waals surface area contributed by atoms with Gasteiger partial charge in [-0.3, -0.25) is 9.80 Å². The highest BCUT2D eigenvalue weighted by Crippen LogP contribution is 2.20. The summed E-state index contributed by atoms with van der Waals surface area (Å²) in [6.45, 7) is 15.3. The molecule has 0 unspecified atom stereocenters. The number of carbonyl (C=O) groups is 4. The normalized spacial score (nSPS) is 20.2. The molecule has 322 valence electrons. The molecule has 0 spiro atoms. The van der Waals surface area contributed by atoms with Crippen molar-refractivity contribution < 1.29 is 38.9 Å². The van der Waals surface area contributed by atoms with E-state index in [1.165, 1.54) is 74.4 Å². The van der Waals surface area contributed by atoms with Crippen molar-refractivity contribution in [2.45, 2.75) is 77.9 Å². The summed E-state index contributed by atoms with van der Waals surface area (Å²) in [5.41, 5.74) is 4.64. The van der Waals surface area contributed by atoms with E-state index in [0.717, 1.165) is 36.1 Å². The SMILES string of the molecule is CN[C@@H]1CN(Cc2ccccc2)CC[C@@H]1C.CN[C@@H]1CN(Cc2ccccc2)CC[C@@H]1C.Cc1ccc(C(=O)O[C@H](C(=O)O)[C@H](OC(=O)c2ccc(C)cc2)C(=O)O)cc1. The second kappa shape index (κ2) is 24.0. The van der Waals surface area contributed by atoms with Gasteiger partial charge in [0.25, 0.3) is 0 Å². The van der Waals surface area contributed by atoms with Crippen molar-refractivity contribution in [1.29, 1.82) is 0 Å². The number of hydrogen-bond donors (Lipinski definition) is 4. The smallest absolute Gasteiger partial charge is 0.349 e. The molecule has 4 aromatic rings. The number of likely N-dealkylation sites (N-methyl/N-ethyl adjacent to an activating group) is 2. The van der Waals surface area contributed by atoms with Crippen LogP contribution in [-0.2, 0) is 32.2 Å². The second-order valence-corrected chi connectivity index (χ2v) is 15.8. The van der Waals surface area contributed by atoms with Gasteiger partial charge in [-0.2, -0.15) is 0 Å². The van der Waals surface area contributed by atoms with Crippen molar-refractivity contribution in [2.24, 2.45) is 11.8 Å². The number of ether oxygens (including phenoxy) is 2. The molecule has 0 amide bonds. The van der Waals surface area contributed by atoms with Crippen LogP contribution in [-0.4, -0.2) is 108 Å². The highest BCUT2D eigenvalue weighted by molar-refractivity contribution is 5.95. The first-order valence-electron chi connectivity index (χ1n) is 20.7. The average Bonchev–Trinajstić information content (AvgIpc) is 3.25. The van der Waals surface area contributed by atoms with E-state index in [1.807, 2.05) is 0 Å². The minimum Gasteiger partial charge on any atom is -0.478 e. The van der Waals surface area contributed by atoms with Gasteiger partial charge in [-0.25, -0.2) is 19.2 Å². The number of nitrogens with zero attached hydrogens (tertiary/aromatic N) is 2. The van der Waals surface area contributed by atoms with E-state index < -0.39 is 36.1 Å². The molecule has 6 rings (SSSR count). The lowest BCUT2D eigenvalue weighted by molar-refractivity contribution is -0.166. The first-order chi connectivity index (χ1) is 28.8. The largest absolute Gasteiger partial charge is 0.478 e. The Morgan fingerprint density at radius 1 is 0.583 bits per heavy atom. The molecule has 0 aromatic heterocycles. The third-order valence-electron chi connectivity index (χ3n) is 11.1. The zero-order chi connectivity index (χ0) is 43.6. The number of carbonyl (C=O) groups excluding carboxylic acids is 2. The molecular formula is C48H62N4O8. The zero-order valence-corrected chi connectivity index (χ0v) is 35.8. The van der Waals surface area contributed by atoms with E-state index in [2.05, 4.69) is 109 Å². The Balaban J connectivity index is 0.000000212. The Bertz CT molecular complexity index is 1790. The second-order valence-electron chi connectivity index (χ2n) is 15.8. The van der Waals surface area contributed by atoms with Crippen molar-refractivity contribution in [3.63, 3.8) is 0 Å². The molecule has 12 nitrogen and oxygen atoms in total. The van der Waals surface area contributed by atoms with Gasteiger partial charge in [0.2, 0.25) is 12.2 Å². The Morgan fingerprint density at radius 2 is 0.917 bits per heavy atom. The molecule has 2 heterocycles. The molecule has 4 N–H and O–H groups in total. The van der Waals surface area contributed by atoms with Gasteiger partial charge in [-0.05, 0) is 101 Å². The Hall–Kier alpha value is -5.40. The fraction of sp³-hybridized carbons (Fsp3) is 0.417. The van der Waals surface area contributed by atoms with Gasteiger partial charge in [-0.15, -0.1) is 0 Å². The Kier molecular flexibility index (Phi) is 18.9. The van der Waals surface area contributed by atoms with E-state index in [1.54, 1.807) is 38.1 Å². The maximum Gasteiger partial charge on any atom is 0.349 e. The number of esters is 2. The molecule has 60 heavy (non-hydrogen) atoms. The van der Waals surface area contributed by atoms with Crippen LogP contribution in [0.25, 0.3) is 0 Å². The fourth-order valence-corrected chi connectivity index (χ4v) is 7.23. The maximum absolute atomic E-state index is 12.2. The lowest BCUT2D eigenvalue weighted by atomic mass is 9.93. The van der Waals surface area contributed by atoms with E-state index >= 15 is 0 Å². The van der Waals surface area contributed by atoms with Crippen LogP contribution < -0.4 is 10.6 Å². The van der Waals surface area contributed by atoms with Crippen LogP contribution in [0.2, 0.25) is 0 Å². The number of carboxylic acids is 2. The summed E-state index contributed by atoms with van der Waals surface area (Å²) >= 11 is 0. The number of likely N-dealkylation sites (tertiary alicyclic amines) is 2. The van der Waals surface area contributed by atoms with Crippen molar-refractivity contribution in [1.82, 2.24) is 20.4 Å². The number of aliphatic carboxylic acids is 2. The number of carboxylic acid groups (broad SMARTS) is 2. The molecule has 0 aliphatic carbocycles. The summed E-state index contributed by atoms with van der Waals surface area (Å²) in [5.74, 6) is -4.02. The molecular weight excluding hydrogens is 761 g/mol. The van der Waals surface area contributed by atoms with Gasteiger partial charge in [0.05, 0.1) is 11.1 Å². The summed E-state index contributed by atoms with van der Waals surface area (Å²) in [6, 6.07) is 34.9. The molecule has 2 aliphatic rings. The predicted octanol–water partition coefficient (Wildman–Crippen LogP) is 6.46. The van der Waals surface area contributed by atoms with Crippen molar-refractivity contribution in [3.05, 3.63) is 143 Å². The third-order valence-corrected chi connectivity index (χ3v) is 11.1. The molecule has 2 saturated heterocycles. The molecule has 4 aromatic carbocycles. The molecule has 0 saturated carbocycles. The molecule has 0 radical (unpaired) electrons. The number of nitrogens with one attached hydrogen (secondary N) is 2. The highest BCUT2D eigenvalue weighted by Gasteiger charge is 2.41. The summed E-state index contributed by atoms with van der Waals surface area (Å²) in [6.07, 6.45) is -1.84. The predicted molar refractivity (Wildman–Crippen MR) is 233 cm³/mol. The van der Waals surface area contributed by atoms with Crippen LogP contribution >= 0.6 is 0 Å². The number of benzene rings is 4. The lowest BCUT2D eigenvalue weighted by Gasteiger charge is -2.37. The fourth-order valence-electron chi connectivity index (χ4n) is 7.23. The van der Waals surface area contributed by atoms with Crippen molar-refractivity contribution in [2.75, 3.05) is 40.3 Å². The number of aryl methyl sites for hydroxylation is 2. The van der Waals surface area contributed by atoms with E-state index in [0.29, 0.717) is 12.1 Å². The van der Waals surface area contributed by atoms with Gasteiger partial charge >= 0.3 is 23.9 Å². The summed E-state index contributed by atoms with van der Waals surface area (Å²) in [5, 5.41) is 25.5. The minimum absolute atomic E-state index is 0.0332. The Morgan fingerprint density at radius 3 is 1.22 bits per heavy atom. The zero-order valence-electron chi connectivity index (χ0n) is 35.8. The van der Waals surface area contributed by atoms with Crippen LogP contribution in [0.15, 0.2) is 109 Å². The van der Waals surface area contributed by atoms with Crippen LogP contribution in [0, 0.1) is 25.7 Å². The number of hydrogen-bond acceptors (Lipinski definition) is 10. The average molecular weight is 823 g/mol. The summed E-state index contributed by atoms with van der Waals surface area (Å²) < 4.78 is 9.64.